The molecule has 2 aromatic carbocycles. The summed E-state index contributed by atoms with van der Waals surface area (Å²) in [6.45, 7) is 4.95. The zero-order chi connectivity index (χ0) is 16.1. The Morgan fingerprint density at radius 3 is 2.00 bits per heavy atom. The lowest BCUT2D eigenvalue weighted by Gasteiger charge is -2.34. The summed E-state index contributed by atoms with van der Waals surface area (Å²) in [5, 5.41) is 0. The number of halogens is 3. The van der Waals surface area contributed by atoms with Gasteiger partial charge >= 0.3 is 0 Å². The minimum atomic E-state index is -0.196. The Morgan fingerprint density at radius 2 is 1.40 bits per heavy atom. The second-order valence-corrected chi connectivity index (χ2v) is 5.97. The fourth-order valence-corrected chi connectivity index (χ4v) is 2.87. The van der Waals surface area contributed by atoms with Gasteiger partial charge in [-0.3, -0.25) is 14.6 Å². The van der Waals surface area contributed by atoms with E-state index in [-0.39, 0.29) is 36.4 Å². The molecular weight excluding hydrogens is 362 g/mol. The quantitative estimate of drug-likeness (QED) is 0.734. The number of carbonyl (C=O) groups is 1. The largest absolute Gasteiger partial charge is 0.297 e. The van der Waals surface area contributed by atoms with Crippen molar-refractivity contribution in [1.82, 2.24) is 9.80 Å². The molecule has 0 unspecified atom stereocenters. The molecule has 25 heavy (non-hydrogen) atoms. The van der Waals surface area contributed by atoms with Crippen LogP contribution in [0.25, 0.3) is 0 Å². The first kappa shape index (κ1) is 21.6. The van der Waals surface area contributed by atoms with Crippen molar-refractivity contribution in [3.8, 4) is 0 Å². The third-order valence-electron chi connectivity index (χ3n) is 4.25. The molecule has 1 fully saturated rings. The van der Waals surface area contributed by atoms with Gasteiger partial charge in [0.2, 0.25) is 0 Å². The van der Waals surface area contributed by atoms with E-state index in [4.69, 9.17) is 0 Å². The number of Topliss-reactive ketones (excluding diaryl/α,β-unsaturated/α-hetero) is 1. The van der Waals surface area contributed by atoms with Crippen LogP contribution < -0.4 is 0 Å². The lowest BCUT2D eigenvalue weighted by molar-refractivity contribution is 0.0844. The van der Waals surface area contributed by atoms with E-state index in [0.29, 0.717) is 6.54 Å². The van der Waals surface area contributed by atoms with Crippen LogP contribution in [-0.2, 0) is 6.54 Å². The molecule has 0 N–H and O–H groups in total. The highest BCUT2D eigenvalue weighted by Crippen LogP contribution is 2.10. The molecule has 136 valence electrons. The molecule has 1 aliphatic heterocycles. The van der Waals surface area contributed by atoms with Crippen molar-refractivity contribution in [2.24, 2.45) is 0 Å². The van der Waals surface area contributed by atoms with Gasteiger partial charge in [-0.05, 0) is 17.7 Å². The van der Waals surface area contributed by atoms with Crippen molar-refractivity contribution in [2.75, 3.05) is 32.7 Å². The highest BCUT2D eigenvalue weighted by atomic mass is 35.5. The predicted molar refractivity (Wildman–Crippen MR) is 103 cm³/mol. The van der Waals surface area contributed by atoms with Crippen LogP contribution in [0.2, 0.25) is 0 Å². The number of hydrogen-bond acceptors (Lipinski definition) is 3. The van der Waals surface area contributed by atoms with Gasteiger partial charge in [0.25, 0.3) is 0 Å². The fourth-order valence-electron chi connectivity index (χ4n) is 2.87. The van der Waals surface area contributed by atoms with Gasteiger partial charge < -0.3 is 0 Å². The Balaban J connectivity index is 0.00000156. The van der Waals surface area contributed by atoms with Crippen molar-refractivity contribution in [3.63, 3.8) is 0 Å². The van der Waals surface area contributed by atoms with E-state index in [2.05, 4.69) is 9.80 Å². The predicted octanol–water partition coefficient (Wildman–Crippen LogP) is 3.67. The molecule has 1 saturated heterocycles. The van der Waals surface area contributed by atoms with Gasteiger partial charge in [-0.2, -0.15) is 0 Å². The Labute approximate surface area is 160 Å². The number of nitrogens with zero attached hydrogens (tertiary/aromatic N) is 2. The topological polar surface area (TPSA) is 23.6 Å². The first-order chi connectivity index (χ1) is 11.2. The lowest BCUT2D eigenvalue weighted by Crippen LogP contribution is -2.47. The number of hydrogen-bond donors (Lipinski definition) is 0. The first-order valence-electron chi connectivity index (χ1n) is 7.98. The zero-order valence-electron chi connectivity index (χ0n) is 13.9. The Bertz CT molecular complexity index is 644. The van der Waals surface area contributed by atoms with Crippen LogP contribution in [0.3, 0.4) is 0 Å². The normalized spacial score (nSPS) is 15.1. The van der Waals surface area contributed by atoms with Gasteiger partial charge in [-0.1, -0.05) is 42.5 Å². The molecule has 0 aromatic heterocycles. The second-order valence-electron chi connectivity index (χ2n) is 5.97. The molecule has 0 aliphatic carbocycles. The number of benzene rings is 2. The van der Waals surface area contributed by atoms with Crippen LogP contribution in [0, 0.1) is 5.82 Å². The molecule has 0 amide bonds. The van der Waals surface area contributed by atoms with Crippen LogP contribution in [0.4, 0.5) is 4.39 Å². The van der Waals surface area contributed by atoms with Crippen LogP contribution in [0.15, 0.2) is 54.6 Å². The second kappa shape index (κ2) is 10.5. The van der Waals surface area contributed by atoms with E-state index >= 15 is 0 Å². The molecule has 2 aromatic rings. The maximum atomic E-state index is 12.9. The maximum Gasteiger partial charge on any atom is 0.176 e. The van der Waals surface area contributed by atoms with Crippen molar-refractivity contribution >= 4 is 30.6 Å². The molecule has 6 heteroatoms. The summed E-state index contributed by atoms with van der Waals surface area (Å²) in [5.41, 5.74) is 1.90. The van der Waals surface area contributed by atoms with Crippen molar-refractivity contribution in [2.45, 2.75) is 6.54 Å². The van der Waals surface area contributed by atoms with Gasteiger partial charge in [-0.15, -0.1) is 24.8 Å². The van der Waals surface area contributed by atoms with Crippen molar-refractivity contribution in [1.29, 1.82) is 0 Å². The number of carbonyl (C=O) groups excluding carboxylic acids is 1. The van der Waals surface area contributed by atoms with Crippen LogP contribution in [0.1, 0.15) is 15.9 Å². The SMILES string of the molecule is Cl.Cl.O=C(CN1CCN(Cc2ccc(F)cc2)CC1)c1ccccc1. The minimum absolute atomic E-state index is 0. The van der Waals surface area contributed by atoms with Crippen LogP contribution in [-0.4, -0.2) is 48.3 Å². The van der Waals surface area contributed by atoms with E-state index < -0.39 is 0 Å². The number of ketones is 1. The summed E-state index contributed by atoms with van der Waals surface area (Å²) in [5.74, 6) is -0.0180. The van der Waals surface area contributed by atoms with Gasteiger partial charge in [0.05, 0.1) is 6.54 Å². The first-order valence-corrected chi connectivity index (χ1v) is 7.98. The van der Waals surface area contributed by atoms with E-state index in [9.17, 15) is 9.18 Å². The standard InChI is InChI=1S/C19H21FN2O.2ClH/c20-18-8-6-16(7-9-18)14-21-10-12-22(13-11-21)15-19(23)17-4-2-1-3-5-17;;/h1-9H,10-15H2;2*1H. The highest BCUT2D eigenvalue weighted by Gasteiger charge is 2.19. The fraction of sp³-hybridized carbons (Fsp3) is 0.316. The maximum absolute atomic E-state index is 12.9. The van der Waals surface area contributed by atoms with E-state index in [0.717, 1.165) is 43.9 Å². The highest BCUT2D eigenvalue weighted by molar-refractivity contribution is 5.97. The third kappa shape index (κ3) is 6.40. The summed E-state index contributed by atoms with van der Waals surface area (Å²) in [6.07, 6.45) is 0. The summed E-state index contributed by atoms with van der Waals surface area (Å²) >= 11 is 0. The van der Waals surface area contributed by atoms with Crippen LogP contribution >= 0.6 is 24.8 Å². The minimum Gasteiger partial charge on any atom is -0.297 e. The Morgan fingerprint density at radius 1 is 0.840 bits per heavy atom. The number of piperazine rings is 1. The van der Waals surface area contributed by atoms with Crippen molar-refractivity contribution < 1.29 is 9.18 Å². The Kier molecular flexibility index (Phi) is 9.08. The van der Waals surface area contributed by atoms with E-state index in [1.807, 2.05) is 42.5 Å². The van der Waals surface area contributed by atoms with Gasteiger partial charge in [-0.25, -0.2) is 4.39 Å². The van der Waals surface area contributed by atoms with Gasteiger partial charge in [0.15, 0.2) is 5.78 Å². The molecule has 0 radical (unpaired) electrons. The van der Waals surface area contributed by atoms with Crippen LogP contribution in [0.5, 0.6) is 0 Å². The summed E-state index contributed by atoms with van der Waals surface area (Å²) in [4.78, 5) is 16.8. The molecule has 0 spiro atoms. The monoisotopic (exact) mass is 384 g/mol. The molecule has 0 atom stereocenters. The smallest absolute Gasteiger partial charge is 0.176 e. The van der Waals surface area contributed by atoms with Gasteiger partial charge in [0.1, 0.15) is 5.82 Å². The zero-order valence-corrected chi connectivity index (χ0v) is 15.6. The molecular formula is C19H23Cl2FN2O. The van der Waals surface area contributed by atoms with Gasteiger partial charge in [0, 0.05) is 38.3 Å². The molecule has 1 aliphatic rings. The molecule has 3 nitrogen and oxygen atoms in total. The molecule has 0 bridgehead atoms. The average molecular weight is 385 g/mol. The summed E-state index contributed by atoms with van der Waals surface area (Å²) in [7, 11) is 0. The lowest BCUT2D eigenvalue weighted by atomic mass is 10.1. The summed E-state index contributed by atoms with van der Waals surface area (Å²) < 4.78 is 12.9. The van der Waals surface area contributed by atoms with Crippen molar-refractivity contribution in [3.05, 3.63) is 71.5 Å². The number of rotatable bonds is 5. The van der Waals surface area contributed by atoms with E-state index in [1.54, 1.807) is 0 Å². The van der Waals surface area contributed by atoms with E-state index in [1.165, 1.54) is 12.1 Å². The molecule has 0 saturated carbocycles. The molecule has 1 heterocycles. The third-order valence-corrected chi connectivity index (χ3v) is 4.25. The summed E-state index contributed by atoms with van der Waals surface area (Å²) in [6, 6.07) is 16.1. The Hall–Kier alpha value is -1.46. The average Bonchev–Trinajstić information content (AvgIpc) is 2.59. The molecule has 3 rings (SSSR count).